The first kappa shape index (κ1) is 11.8. The quantitative estimate of drug-likeness (QED) is 0.790. The fourth-order valence-electron chi connectivity index (χ4n) is 2.39. The molecule has 2 aromatic rings. The summed E-state index contributed by atoms with van der Waals surface area (Å²) in [6.45, 7) is 0.657. The Bertz CT molecular complexity index is 584. The minimum absolute atomic E-state index is 0.0118. The molecule has 1 aliphatic heterocycles. The molecule has 1 aliphatic rings. The second-order valence-electron chi connectivity index (χ2n) is 4.57. The zero-order valence-electron chi connectivity index (χ0n) is 10.5. The van der Waals surface area contributed by atoms with Gasteiger partial charge in [0.05, 0.1) is 6.61 Å². The Kier molecular flexibility index (Phi) is 3.23. The highest BCUT2D eigenvalue weighted by molar-refractivity contribution is 5.93. The van der Waals surface area contributed by atoms with E-state index in [1.54, 1.807) is 18.5 Å². The minimum Gasteiger partial charge on any atom is -0.493 e. The number of hydrogen-bond acceptors (Lipinski definition) is 4. The minimum atomic E-state index is -0.0118. The maximum Gasteiger partial charge on any atom is 0.200 e. The van der Waals surface area contributed by atoms with E-state index in [1.165, 1.54) is 0 Å². The SMILES string of the molecule is O=C(CC1CCOc2ccccc21)c1ncccn1. The van der Waals surface area contributed by atoms with E-state index in [1.807, 2.05) is 24.3 Å². The van der Waals surface area contributed by atoms with Gasteiger partial charge in [-0.05, 0) is 30.0 Å². The summed E-state index contributed by atoms with van der Waals surface area (Å²) < 4.78 is 5.60. The Morgan fingerprint density at radius 1 is 1.21 bits per heavy atom. The number of rotatable bonds is 3. The smallest absolute Gasteiger partial charge is 0.200 e. The summed E-state index contributed by atoms with van der Waals surface area (Å²) in [4.78, 5) is 20.2. The van der Waals surface area contributed by atoms with Crippen LogP contribution < -0.4 is 4.74 Å². The predicted octanol–water partition coefficient (Wildman–Crippen LogP) is 2.62. The lowest BCUT2D eigenvalue weighted by molar-refractivity contribution is 0.0955. The Morgan fingerprint density at radius 3 is 2.84 bits per heavy atom. The monoisotopic (exact) mass is 254 g/mol. The maximum absolute atomic E-state index is 12.2. The van der Waals surface area contributed by atoms with Gasteiger partial charge in [0.15, 0.2) is 5.82 Å². The number of benzene rings is 1. The van der Waals surface area contributed by atoms with E-state index in [4.69, 9.17) is 4.74 Å². The van der Waals surface area contributed by atoms with Crippen molar-refractivity contribution < 1.29 is 9.53 Å². The normalized spacial score (nSPS) is 17.4. The molecular weight excluding hydrogens is 240 g/mol. The molecule has 0 aliphatic carbocycles. The molecule has 0 saturated heterocycles. The van der Waals surface area contributed by atoms with Gasteiger partial charge < -0.3 is 4.74 Å². The first-order chi connectivity index (χ1) is 9.34. The maximum atomic E-state index is 12.2. The standard InChI is InChI=1S/C15H14N2O2/c18-13(15-16-7-3-8-17-15)10-11-6-9-19-14-5-2-1-4-12(11)14/h1-5,7-8,11H,6,9-10H2. The van der Waals surface area contributed by atoms with E-state index in [2.05, 4.69) is 9.97 Å². The van der Waals surface area contributed by atoms with Crippen LogP contribution in [0.5, 0.6) is 5.75 Å². The summed E-state index contributed by atoms with van der Waals surface area (Å²) in [6.07, 6.45) is 4.48. The Hall–Kier alpha value is -2.23. The van der Waals surface area contributed by atoms with Crippen molar-refractivity contribution >= 4 is 5.78 Å². The average molecular weight is 254 g/mol. The summed E-state index contributed by atoms with van der Waals surface area (Å²) in [5, 5.41) is 0. The van der Waals surface area contributed by atoms with Crippen molar-refractivity contribution in [3.8, 4) is 5.75 Å². The first-order valence-corrected chi connectivity index (χ1v) is 6.36. The van der Waals surface area contributed by atoms with Crippen LogP contribution in [0, 0.1) is 0 Å². The third kappa shape index (κ3) is 2.47. The van der Waals surface area contributed by atoms with Crippen LogP contribution in [0.1, 0.15) is 34.9 Å². The molecule has 0 spiro atoms. The molecule has 4 nitrogen and oxygen atoms in total. The molecule has 0 bridgehead atoms. The summed E-state index contributed by atoms with van der Waals surface area (Å²) in [5.74, 6) is 1.37. The summed E-state index contributed by atoms with van der Waals surface area (Å²) in [6, 6.07) is 9.61. The van der Waals surface area contributed by atoms with Crippen LogP contribution >= 0.6 is 0 Å². The summed E-state index contributed by atoms with van der Waals surface area (Å²) in [5.41, 5.74) is 1.11. The van der Waals surface area contributed by atoms with Crippen molar-refractivity contribution in [1.82, 2.24) is 9.97 Å². The molecule has 0 saturated carbocycles. The predicted molar refractivity (Wildman–Crippen MR) is 70.3 cm³/mol. The van der Waals surface area contributed by atoms with E-state index in [0.29, 0.717) is 18.9 Å². The molecule has 0 N–H and O–H groups in total. The van der Waals surface area contributed by atoms with E-state index >= 15 is 0 Å². The van der Waals surface area contributed by atoms with Crippen LogP contribution in [0.4, 0.5) is 0 Å². The van der Waals surface area contributed by atoms with Crippen molar-refractivity contribution in [2.45, 2.75) is 18.8 Å². The largest absolute Gasteiger partial charge is 0.493 e. The molecule has 4 heteroatoms. The van der Waals surface area contributed by atoms with E-state index < -0.39 is 0 Å². The van der Waals surface area contributed by atoms with Crippen LogP contribution in [-0.4, -0.2) is 22.4 Å². The third-order valence-corrected chi connectivity index (χ3v) is 3.33. The van der Waals surface area contributed by atoms with Gasteiger partial charge in [-0.15, -0.1) is 0 Å². The second-order valence-corrected chi connectivity index (χ2v) is 4.57. The van der Waals surface area contributed by atoms with Gasteiger partial charge >= 0.3 is 0 Å². The Balaban J connectivity index is 1.80. The van der Waals surface area contributed by atoms with Gasteiger partial charge in [0.2, 0.25) is 5.78 Å². The van der Waals surface area contributed by atoms with Gasteiger partial charge in [-0.25, -0.2) is 9.97 Å². The van der Waals surface area contributed by atoms with Crippen molar-refractivity contribution in [3.05, 3.63) is 54.1 Å². The lowest BCUT2D eigenvalue weighted by Crippen LogP contribution is -2.18. The summed E-state index contributed by atoms with van der Waals surface area (Å²) in [7, 11) is 0. The highest BCUT2D eigenvalue weighted by atomic mass is 16.5. The van der Waals surface area contributed by atoms with Gasteiger partial charge in [0, 0.05) is 18.8 Å². The van der Waals surface area contributed by atoms with Crippen molar-refractivity contribution in [2.75, 3.05) is 6.61 Å². The molecule has 1 aromatic heterocycles. The molecule has 0 amide bonds. The third-order valence-electron chi connectivity index (χ3n) is 3.33. The van der Waals surface area contributed by atoms with E-state index in [9.17, 15) is 4.79 Å². The van der Waals surface area contributed by atoms with Gasteiger partial charge in [-0.3, -0.25) is 4.79 Å². The number of ketones is 1. The van der Waals surface area contributed by atoms with Gasteiger partial charge in [0.25, 0.3) is 0 Å². The van der Waals surface area contributed by atoms with Gasteiger partial charge in [0.1, 0.15) is 5.75 Å². The number of ether oxygens (including phenoxy) is 1. The van der Waals surface area contributed by atoms with E-state index in [-0.39, 0.29) is 11.7 Å². The molecule has 96 valence electrons. The topological polar surface area (TPSA) is 52.1 Å². The Labute approximate surface area is 111 Å². The highest BCUT2D eigenvalue weighted by Crippen LogP contribution is 2.35. The van der Waals surface area contributed by atoms with Crippen LogP contribution in [0.2, 0.25) is 0 Å². The molecule has 3 rings (SSSR count). The fourth-order valence-corrected chi connectivity index (χ4v) is 2.39. The number of fused-ring (bicyclic) bond motifs is 1. The van der Waals surface area contributed by atoms with Crippen LogP contribution in [-0.2, 0) is 0 Å². The zero-order valence-corrected chi connectivity index (χ0v) is 10.5. The molecule has 0 radical (unpaired) electrons. The highest BCUT2D eigenvalue weighted by Gasteiger charge is 2.24. The lowest BCUT2D eigenvalue weighted by Gasteiger charge is -2.25. The van der Waals surface area contributed by atoms with Crippen molar-refractivity contribution in [3.63, 3.8) is 0 Å². The number of carbonyl (C=O) groups excluding carboxylic acids is 1. The number of hydrogen-bond donors (Lipinski definition) is 0. The molecule has 0 fully saturated rings. The molecular formula is C15H14N2O2. The van der Waals surface area contributed by atoms with Crippen LogP contribution in [0.15, 0.2) is 42.7 Å². The number of nitrogens with zero attached hydrogens (tertiary/aromatic N) is 2. The molecule has 1 atom stereocenters. The fraction of sp³-hybridized carbons (Fsp3) is 0.267. The lowest BCUT2D eigenvalue weighted by atomic mass is 9.88. The molecule has 1 unspecified atom stereocenters. The Morgan fingerprint density at radius 2 is 2.00 bits per heavy atom. The first-order valence-electron chi connectivity index (χ1n) is 6.36. The molecule has 1 aromatic carbocycles. The van der Waals surface area contributed by atoms with Crippen molar-refractivity contribution in [1.29, 1.82) is 0 Å². The summed E-state index contributed by atoms with van der Waals surface area (Å²) >= 11 is 0. The number of para-hydroxylation sites is 1. The number of aromatic nitrogens is 2. The molecule has 2 heterocycles. The van der Waals surface area contributed by atoms with Gasteiger partial charge in [-0.1, -0.05) is 18.2 Å². The second kappa shape index (κ2) is 5.18. The zero-order chi connectivity index (χ0) is 13.1. The van der Waals surface area contributed by atoms with Crippen molar-refractivity contribution in [2.24, 2.45) is 0 Å². The number of Topliss-reactive ketones (excluding diaryl/α,β-unsaturated/α-hetero) is 1. The molecule has 19 heavy (non-hydrogen) atoms. The van der Waals surface area contributed by atoms with Crippen LogP contribution in [0.3, 0.4) is 0 Å². The average Bonchev–Trinajstić information content (AvgIpc) is 2.48. The number of carbonyl (C=O) groups is 1. The van der Waals surface area contributed by atoms with Crippen LogP contribution in [0.25, 0.3) is 0 Å². The van der Waals surface area contributed by atoms with Gasteiger partial charge in [-0.2, -0.15) is 0 Å². The van der Waals surface area contributed by atoms with E-state index in [0.717, 1.165) is 17.7 Å².